The number of halogens is 2. The van der Waals surface area contributed by atoms with Crippen LogP contribution in [-0.4, -0.2) is 28.9 Å². The van der Waals surface area contributed by atoms with Crippen molar-refractivity contribution in [3.8, 4) is 0 Å². The Morgan fingerprint density at radius 2 is 2.24 bits per heavy atom. The van der Waals surface area contributed by atoms with Crippen molar-refractivity contribution in [1.29, 1.82) is 0 Å². The zero-order chi connectivity index (χ0) is 13.0. The Kier molecular flexibility index (Phi) is 5.02. The molecule has 6 heteroatoms. The number of benzene rings is 1. The van der Waals surface area contributed by atoms with Gasteiger partial charge in [0.25, 0.3) is 5.91 Å². The molecular formula is C11H12BrFN2OS. The molecule has 2 N–H and O–H groups in total. The zero-order valence-corrected chi connectivity index (χ0v) is 11.6. The molecule has 0 radical (unpaired) electrons. The van der Waals surface area contributed by atoms with Gasteiger partial charge < -0.3 is 10.6 Å². The molecule has 0 fully saturated rings. The van der Waals surface area contributed by atoms with Crippen LogP contribution in [0.2, 0.25) is 0 Å². The monoisotopic (exact) mass is 318 g/mol. The number of carbonyl (C=O) groups is 1. The summed E-state index contributed by atoms with van der Waals surface area (Å²) in [6.07, 6.45) is 0. The Morgan fingerprint density at radius 3 is 2.71 bits per heavy atom. The van der Waals surface area contributed by atoms with Crippen molar-refractivity contribution >= 4 is 39.0 Å². The van der Waals surface area contributed by atoms with Gasteiger partial charge in [0.2, 0.25) is 0 Å². The molecule has 3 nitrogen and oxygen atoms in total. The molecule has 17 heavy (non-hydrogen) atoms. The van der Waals surface area contributed by atoms with Crippen LogP contribution in [-0.2, 0) is 0 Å². The predicted molar refractivity (Wildman–Crippen MR) is 72.5 cm³/mol. The molecule has 1 aromatic rings. The summed E-state index contributed by atoms with van der Waals surface area (Å²) < 4.78 is 13.3. The third kappa shape index (κ3) is 3.74. The van der Waals surface area contributed by atoms with Crippen LogP contribution in [0.1, 0.15) is 17.3 Å². The molecule has 0 aromatic heterocycles. The molecule has 1 rings (SSSR count). The molecule has 0 saturated heterocycles. The van der Waals surface area contributed by atoms with Crippen LogP contribution < -0.4 is 5.73 Å². The summed E-state index contributed by atoms with van der Waals surface area (Å²) in [5.74, 6) is -0.627. The number of hydrogen-bond donors (Lipinski definition) is 1. The number of rotatable bonds is 4. The van der Waals surface area contributed by atoms with Gasteiger partial charge in [0.1, 0.15) is 5.82 Å². The van der Waals surface area contributed by atoms with Crippen molar-refractivity contribution in [3.05, 3.63) is 34.1 Å². The minimum Gasteiger partial charge on any atom is -0.392 e. The molecule has 0 spiro atoms. The van der Waals surface area contributed by atoms with E-state index >= 15 is 0 Å². The van der Waals surface area contributed by atoms with Crippen LogP contribution in [0.25, 0.3) is 0 Å². The summed E-state index contributed by atoms with van der Waals surface area (Å²) in [6, 6.07) is 3.93. The van der Waals surface area contributed by atoms with Crippen LogP contribution in [0.5, 0.6) is 0 Å². The van der Waals surface area contributed by atoms with Gasteiger partial charge in [0.05, 0.1) is 17.1 Å². The summed E-state index contributed by atoms with van der Waals surface area (Å²) in [7, 11) is 0. The van der Waals surface area contributed by atoms with Gasteiger partial charge in [-0.15, -0.1) is 0 Å². The van der Waals surface area contributed by atoms with Crippen molar-refractivity contribution in [3.63, 3.8) is 0 Å². The number of amides is 1. The quantitative estimate of drug-likeness (QED) is 0.867. The lowest BCUT2D eigenvalue weighted by Gasteiger charge is -2.20. The Bertz CT molecular complexity index is 453. The fourth-order valence-electron chi connectivity index (χ4n) is 1.35. The molecule has 0 aliphatic carbocycles. The number of carbonyl (C=O) groups excluding carboxylic acids is 1. The van der Waals surface area contributed by atoms with Crippen molar-refractivity contribution in [2.75, 3.05) is 13.1 Å². The van der Waals surface area contributed by atoms with Crippen molar-refractivity contribution in [1.82, 2.24) is 4.90 Å². The van der Waals surface area contributed by atoms with Crippen LogP contribution in [0, 0.1) is 5.82 Å². The van der Waals surface area contributed by atoms with Crippen molar-refractivity contribution in [2.45, 2.75) is 6.92 Å². The van der Waals surface area contributed by atoms with Gasteiger partial charge in [-0.1, -0.05) is 12.2 Å². The molecule has 1 aromatic carbocycles. The van der Waals surface area contributed by atoms with E-state index in [2.05, 4.69) is 15.9 Å². The molecule has 0 aliphatic rings. The third-order valence-electron chi connectivity index (χ3n) is 2.18. The molecular weight excluding hydrogens is 307 g/mol. The molecule has 1 amide bonds. The molecule has 92 valence electrons. The average Bonchev–Trinajstić information content (AvgIpc) is 2.24. The van der Waals surface area contributed by atoms with Crippen LogP contribution in [0.15, 0.2) is 22.7 Å². The highest BCUT2D eigenvalue weighted by molar-refractivity contribution is 9.10. The molecule has 0 unspecified atom stereocenters. The Morgan fingerprint density at radius 1 is 1.59 bits per heavy atom. The van der Waals surface area contributed by atoms with E-state index in [1.807, 2.05) is 6.92 Å². The smallest absolute Gasteiger partial charge is 0.255 e. The van der Waals surface area contributed by atoms with E-state index in [1.165, 1.54) is 23.1 Å². The van der Waals surface area contributed by atoms with Gasteiger partial charge in [-0.25, -0.2) is 4.39 Å². The van der Waals surface area contributed by atoms with E-state index in [0.29, 0.717) is 16.6 Å². The highest BCUT2D eigenvalue weighted by Crippen LogP contribution is 2.19. The molecule has 0 atom stereocenters. The maximum absolute atomic E-state index is 12.9. The van der Waals surface area contributed by atoms with Crippen molar-refractivity contribution in [2.24, 2.45) is 5.73 Å². The minimum atomic E-state index is -0.397. The Labute approximate surface area is 113 Å². The normalized spacial score (nSPS) is 10.1. The number of nitrogens with two attached hydrogens (primary N) is 1. The fourth-order valence-corrected chi connectivity index (χ4v) is 2.02. The summed E-state index contributed by atoms with van der Waals surface area (Å²) in [5.41, 5.74) is 5.81. The summed E-state index contributed by atoms with van der Waals surface area (Å²) in [6.45, 7) is 2.53. The van der Waals surface area contributed by atoms with Crippen molar-refractivity contribution < 1.29 is 9.18 Å². The number of hydrogen-bond acceptors (Lipinski definition) is 2. The van der Waals surface area contributed by atoms with E-state index in [1.54, 1.807) is 0 Å². The summed E-state index contributed by atoms with van der Waals surface area (Å²) in [5, 5.41) is 0. The first-order valence-corrected chi connectivity index (χ1v) is 6.18. The molecule has 0 bridgehead atoms. The Hall–Kier alpha value is -1.01. The van der Waals surface area contributed by atoms with Crippen LogP contribution >= 0.6 is 28.1 Å². The maximum Gasteiger partial charge on any atom is 0.255 e. The summed E-state index contributed by atoms with van der Waals surface area (Å²) >= 11 is 7.93. The second-order valence-corrected chi connectivity index (χ2v) is 4.79. The van der Waals surface area contributed by atoms with Crippen LogP contribution in [0.3, 0.4) is 0 Å². The van der Waals surface area contributed by atoms with Gasteiger partial charge in [0.15, 0.2) is 0 Å². The predicted octanol–water partition coefficient (Wildman–Crippen LogP) is 2.34. The van der Waals surface area contributed by atoms with Gasteiger partial charge in [0, 0.05) is 11.0 Å². The lowest BCUT2D eigenvalue weighted by atomic mass is 10.2. The third-order valence-corrected chi connectivity index (χ3v) is 2.96. The standard InChI is InChI=1S/C11H12BrFN2OS/c1-2-15(6-10(14)17)11(16)8-4-3-7(13)5-9(8)12/h3-5H,2,6H2,1H3,(H2,14,17). The molecule has 0 saturated carbocycles. The number of likely N-dealkylation sites (N-methyl/N-ethyl adjacent to an activating group) is 1. The fraction of sp³-hybridized carbons (Fsp3) is 0.273. The first kappa shape index (κ1) is 14.1. The van der Waals surface area contributed by atoms with Gasteiger partial charge in [-0.05, 0) is 41.1 Å². The highest BCUT2D eigenvalue weighted by atomic mass is 79.9. The van der Waals surface area contributed by atoms with Gasteiger partial charge >= 0.3 is 0 Å². The largest absolute Gasteiger partial charge is 0.392 e. The SMILES string of the molecule is CCN(CC(N)=S)C(=O)c1ccc(F)cc1Br. The summed E-state index contributed by atoms with van der Waals surface area (Å²) in [4.78, 5) is 13.9. The second kappa shape index (κ2) is 6.07. The maximum atomic E-state index is 12.9. The number of thiocarbonyl (C=S) groups is 1. The van der Waals surface area contributed by atoms with E-state index in [4.69, 9.17) is 18.0 Å². The van der Waals surface area contributed by atoms with Gasteiger partial charge in [-0.2, -0.15) is 0 Å². The van der Waals surface area contributed by atoms with E-state index in [9.17, 15) is 9.18 Å². The van der Waals surface area contributed by atoms with E-state index in [0.717, 1.165) is 0 Å². The first-order valence-electron chi connectivity index (χ1n) is 4.98. The topological polar surface area (TPSA) is 46.3 Å². The number of nitrogens with zero attached hydrogens (tertiary/aromatic N) is 1. The average molecular weight is 319 g/mol. The minimum absolute atomic E-state index is 0.217. The molecule has 0 heterocycles. The van der Waals surface area contributed by atoms with Gasteiger partial charge in [-0.3, -0.25) is 4.79 Å². The molecule has 0 aliphatic heterocycles. The lowest BCUT2D eigenvalue weighted by molar-refractivity contribution is 0.0787. The van der Waals surface area contributed by atoms with Crippen LogP contribution in [0.4, 0.5) is 4.39 Å². The second-order valence-electron chi connectivity index (χ2n) is 3.41. The lowest BCUT2D eigenvalue weighted by Crippen LogP contribution is -2.37. The van der Waals surface area contributed by atoms with E-state index < -0.39 is 5.82 Å². The van der Waals surface area contributed by atoms with E-state index in [-0.39, 0.29) is 17.4 Å². The first-order chi connectivity index (χ1) is 7.95. The Balaban J connectivity index is 2.97. The highest BCUT2D eigenvalue weighted by Gasteiger charge is 2.17. The zero-order valence-electron chi connectivity index (χ0n) is 9.24.